The van der Waals surface area contributed by atoms with E-state index in [0.29, 0.717) is 30.2 Å². The fourth-order valence-electron chi connectivity index (χ4n) is 3.42. The normalized spacial score (nSPS) is 15.7. The molecule has 1 saturated heterocycles. The number of ether oxygens (including phenoxy) is 3. The summed E-state index contributed by atoms with van der Waals surface area (Å²) in [7, 11) is 2.97. The lowest BCUT2D eigenvalue weighted by Crippen LogP contribution is -2.29. The maximum Gasteiger partial charge on any atom is 0.311 e. The van der Waals surface area contributed by atoms with E-state index in [1.165, 1.54) is 14.2 Å². The summed E-state index contributed by atoms with van der Waals surface area (Å²) in [6.07, 6.45) is 0.831. The molecule has 1 atom stereocenters. The van der Waals surface area contributed by atoms with Gasteiger partial charge in [0.15, 0.2) is 6.61 Å². The molecule has 0 aliphatic carbocycles. The van der Waals surface area contributed by atoms with Crippen LogP contribution in [0.4, 0.5) is 0 Å². The highest BCUT2D eigenvalue weighted by atomic mass is 16.5. The van der Waals surface area contributed by atoms with Crippen LogP contribution in [-0.4, -0.2) is 56.5 Å². The summed E-state index contributed by atoms with van der Waals surface area (Å²) in [6.45, 7) is 0.454. The number of esters is 1. The largest absolute Gasteiger partial charge is 0.497 e. The van der Waals surface area contributed by atoms with Gasteiger partial charge in [-0.05, 0) is 24.1 Å². The van der Waals surface area contributed by atoms with Crippen molar-refractivity contribution in [3.8, 4) is 11.5 Å². The van der Waals surface area contributed by atoms with E-state index in [0.717, 1.165) is 12.0 Å². The number of hydrogen-bond donors (Lipinski definition) is 0. The molecule has 2 aromatic rings. The highest BCUT2D eigenvalue weighted by molar-refractivity contribution is 6.00. The smallest absolute Gasteiger partial charge is 0.311 e. The van der Waals surface area contributed by atoms with Crippen LogP contribution in [0.15, 0.2) is 48.5 Å². The SMILES string of the molecule is COc1ccc(C(=O)COC(=O)[C@@H]2CC(=O)N(CCc3ccccc3)C2)c(OC)c1. The summed E-state index contributed by atoms with van der Waals surface area (Å²) in [4.78, 5) is 38.8. The lowest BCUT2D eigenvalue weighted by Gasteiger charge is -2.16. The number of likely N-dealkylation sites (tertiary alicyclic amines) is 1. The van der Waals surface area contributed by atoms with Crippen molar-refractivity contribution < 1.29 is 28.6 Å². The molecular weight excluding hydrogens is 386 g/mol. The minimum absolute atomic E-state index is 0.0731. The third-order valence-corrected chi connectivity index (χ3v) is 5.12. The molecule has 30 heavy (non-hydrogen) atoms. The van der Waals surface area contributed by atoms with Gasteiger partial charge in [-0.15, -0.1) is 0 Å². The monoisotopic (exact) mass is 411 g/mol. The number of ketones is 1. The van der Waals surface area contributed by atoms with E-state index in [2.05, 4.69) is 0 Å². The number of nitrogens with zero attached hydrogens (tertiary/aromatic N) is 1. The maximum absolute atomic E-state index is 12.5. The summed E-state index contributed by atoms with van der Waals surface area (Å²) in [5, 5.41) is 0. The number of Topliss-reactive ketones (excluding diaryl/α,β-unsaturated/α-hetero) is 1. The Morgan fingerprint density at radius 1 is 1.07 bits per heavy atom. The van der Waals surface area contributed by atoms with Crippen molar-refractivity contribution >= 4 is 17.7 Å². The first kappa shape index (κ1) is 21.4. The van der Waals surface area contributed by atoms with E-state index in [1.54, 1.807) is 23.1 Å². The molecule has 3 rings (SSSR count). The number of amides is 1. The van der Waals surface area contributed by atoms with Crippen molar-refractivity contribution in [3.63, 3.8) is 0 Å². The molecule has 0 bridgehead atoms. The summed E-state index contributed by atoms with van der Waals surface area (Å²) in [5.41, 5.74) is 1.44. The third-order valence-electron chi connectivity index (χ3n) is 5.12. The standard InChI is InChI=1S/C23H25NO6/c1-28-18-8-9-19(21(13-18)29-2)20(25)15-30-23(27)17-12-22(26)24(14-17)11-10-16-6-4-3-5-7-16/h3-9,13,17H,10-12,14-15H2,1-2H3/t17-/m1/s1. The number of methoxy groups -OCH3 is 2. The molecule has 0 unspecified atom stereocenters. The second-order valence-corrected chi connectivity index (χ2v) is 7.07. The molecule has 2 aromatic carbocycles. The van der Waals surface area contributed by atoms with E-state index < -0.39 is 18.5 Å². The van der Waals surface area contributed by atoms with Gasteiger partial charge in [0.05, 0.1) is 25.7 Å². The van der Waals surface area contributed by atoms with Crippen molar-refractivity contribution in [1.29, 1.82) is 0 Å². The zero-order chi connectivity index (χ0) is 21.5. The van der Waals surface area contributed by atoms with E-state index in [9.17, 15) is 14.4 Å². The topological polar surface area (TPSA) is 82.1 Å². The van der Waals surface area contributed by atoms with Gasteiger partial charge in [-0.1, -0.05) is 30.3 Å². The minimum Gasteiger partial charge on any atom is -0.497 e. The van der Waals surface area contributed by atoms with Crippen LogP contribution in [0.5, 0.6) is 11.5 Å². The molecular formula is C23H25NO6. The van der Waals surface area contributed by atoms with Crippen molar-refractivity contribution in [3.05, 3.63) is 59.7 Å². The number of carbonyl (C=O) groups excluding carboxylic acids is 3. The van der Waals surface area contributed by atoms with Gasteiger partial charge in [0, 0.05) is 25.6 Å². The third kappa shape index (κ3) is 5.17. The van der Waals surface area contributed by atoms with Crippen LogP contribution >= 0.6 is 0 Å². The van der Waals surface area contributed by atoms with E-state index in [4.69, 9.17) is 14.2 Å². The Bertz CT molecular complexity index is 911. The van der Waals surface area contributed by atoms with Crippen LogP contribution in [0.3, 0.4) is 0 Å². The highest BCUT2D eigenvalue weighted by Gasteiger charge is 2.35. The fourth-order valence-corrected chi connectivity index (χ4v) is 3.42. The van der Waals surface area contributed by atoms with Crippen LogP contribution in [0, 0.1) is 5.92 Å². The molecule has 1 amide bonds. The molecule has 0 saturated carbocycles. The van der Waals surface area contributed by atoms with Crippen LogP contribution in [0.25, 0.3) is 0 Å². The molecule has 1 aliphatic rings. The van der Waals surface area contributed by atoms with Crippen molar-refractivity contribution in [2.75, 3.05) is 33.9 Å². The Morgan fingerprint density at radius 3 is 2.53 bits per heavy atom. The second-order valence-electron chi connectivity index (χ2n) is 7.07. The number of benzene rings is 2. The predicted octanol–water partition coefficient (Wildman–Crippen LogP) is 2.52. The number of hydrogen-bond acceptors (Lipinski definition) is 6. The maximum atomic E-state index is 12.5. The molecule has 0 aromatic heterocycles. The Balaban J connectivity index is 1.51. The molecule has 0 spiro atoms. The molecule has 7 nitrogen and oxygen atoms in total. The van der Waals surface area contributed by atoms with Crippen LogP contribution in [-0.2, 0) is 20.7 Å². The Hall–Kier alpha value is -3.35. The van der Waals surface area contributed by atoms with Crippen LogP contribution in [0.2, 0.25) is 0 Å². The van der Waals surface area contributed by atoms with Gasteiger partial charge in [-0.3, -0.25) is 14.4 Å². The lowest BCUT2D eigenvalue weighted by molar-refractivity contribution is -0.147. The number of carbonyl (C=O) groups is 3. The molecule has 1 heterocycles. The molecule has 1 fully saturated rings. The molecule has 158 valence electrons. The van der Waals surface area contributed by atoms with E-state index in [-0.39, 0.29) is 18.1 Å². The van der Waals surface area contributed by atoms with Crippen molar-refractivity contribution in [1.82, 2.24) is 4.90 Å². The van der Waals surface area contributed by atoms with Gasteiger partial charge >= 0.3 is 5.97 Å². The number of rotatable bonds is 9. The molecule has 7 heteroatoms. The van der Waals surface area contributed by atoms with E-state index in [1.807, 2.05) is 30.3 Å². The highest BCUT2D eigenvalue weighted by Crippen LogP contribution is 2.25. The Labute approximate surface area is 175 Å². The Kier molecular flexibility index (Phi) is 7.06. The van der Waals surface area contributed by atoms with Crippen LogP contribution < -0.4 is 9.47 Å². The average Bonchev–Trinajstić information content (AvgIpc) is 3.16. The van der Waals surface area contributed by atoms with Crippen molar-refractivity contribution in [2.45, 2.75) is 12.8 Å². The van der Waals surface area contributed by atoms with Gasteiger partial charge in [-0.25, -0.2) is 0 Å². The summed E-state index contributed by atoms with van der Waals surface area (Å²) in [6, 6.07) is 14.7. The zero-order valence-electron chi connectivity index (χ0n) is 17.1. The van der Waals surface area contributed by atoms with Crippen LogP contribution in [0.1, 0.15) is 22.3 Å². The minimum atomic E-state index is -0.557. The molecule has 0 N–H and O–H groups in total. The first-order valence-corrected chi connectivity index (χ1v) is 9.75. The average molecular weight is 411 g/mol. The fraction of sp³-hybridized carbons (Fsp3) is 0.348. The van der Waals surface area contributed by atoms with E-state index >= 15 is 0 Å². The lowest BCUT2D eigenvalue weighted by atomic mass is 10.1. The summed E-state index contributed by atoms with van der Waals surface area (Å²) >= 11 is 0. The summed E-state index contributed by atoms with van der Waals surface area (Å²) < 4.78 is 15.5. The first-order valence-electron chi connectivity index (χ1n) is 9.75. The van der Waals surface area contributed by atoms with Gasteiger partial charge < -0.3 is 19.1 Å². The quantitative estimate of drug-likeness (QED) is 0.466. The molecule has 1 aliphatic heterocycles. The first-order chi connectivity index (χ1) is 14.5. The Morgan fingerprint density at radius 2 is 1.83 bits per heavy atom. The van der Waals surface area contributed by atoms with Gasteiger partial charge in [0.25, 0.3) is 0 Å². The van der Waals surface area contributed by atoms with Crippen molar-refractivity contribution in [2.24, 2.45) is 5.92 Å². The zero-order valence-corrected chi connectivity index (χ0v) is 17.1. The summed E-state index contributed by atoms with van der Waals surface area (Å²) in [5.74, 6) is -0.645. The second kappa shape index (κ2) is 9.91. The van der Waals surface area contributed by atoms with Gasteiger partial charge in [0.2, 0.25) is 11.7 Å². The molecule has 0 radical (unpaired) electrons. The predicted molar refractivity (Wildman–Crippen MR) is 110 cm³/mol. The van der Waals surface area contributed by atoms with Gasteiger partial charge in [-0.2, -0.15) is 0 Å². The van der Waals surface area contributed by atoms with Gasteiger partial charge in [0.1, 0.15) is 11.5 Å².